The molecule has 0 saturated heterocycles. The van der Waals surface area contributed by atoms with E-state index in [9.17, 15) is 0 Å². The van der Waals surface area contributed by atoms with Gasteiger partial charge in [-0.1, -0.05) is 24.3 Å². The molecule has 0 fully saturated rings. The van der Waals surface area contributed by atoms with Gasteiger partial charge in [0.2, 0.25) is 0 Å². The van der Waals surface area contributed by atoms with Crippen molar-refractivity contribution < 1.29 is 0 Å². The lowest BCUT2D eigenvalue weighted by atomic mass is 10.5. The Labute approximate surface area is 116 Å². The maximum atomic E-state index is 4.26. The SMILES string of the molecule is C(=C/CSc1ccccn1)/CSc1ccccn1. The number of pyridine rings is 2. The van der Waals surface area contributed by atoms with Crippen molar-refractivity contribution in [2.45, 2.75) is 10.1 Å². The van der Waals surface area contributed by atoms with E-state index < -0.39 is 0 Å². The van der Waals surface area contributed by atoms with Crippen molar-refractivity contribution in [3.8, 4) is 0 Å². The van der Waals surface area contributed by atoms with Crippen LogP contribution in [0.1, 0.15) is 0 Å². The van der Waals surface area contributed by atoms with Gasteiger partial charge in [-0.2, -0.15) is 0 Å². The standard InChI is InChI=1S/C14H14N2S2/c1-3-9-15-13(7-1)17-11-5-6-12-18-14-8-2-4-10-16-14/h1-10H,11-12H2/b6-5-. The molecule has 0 amide bonds. The van der Waals surface area contributed by atoms with Crippen LogP contribution in [0.5, 0.6) is 0 Å². The average molecular weight is 274 g/mol. The van der Waals surface area contributed by atoms with Crippen molar-refractivity contribution in [1.29, 1.82) is 0 Å². The molecule has 0 saturated carbocycles. The number of hydrogen-bond donors (Lipinski definition) is 0. The highest BCUT2D eigenvalue weighted by atomic mass is 32.2. The van der Waals surface area contributed by atoms with Gasteiger partial charge in [0.15, 0.2) is 0 Å². The van der Waals surface area contributed by atoms with Crippen molar-refractivity contribution in [2.24, 2.45) is 0 Å². The van der Waals surface area contributed by atoms with E-state index in [0.717, 1.165) is 21.6 Å². The Morgan fingerprint density at radius 3 is 1.67 bits per heavy atom. The monoisotopic (exact) mass is 274 g/mol. The minimum Gasteiger partial charge on any atom is -0.250 e. The van der Waals surface area contributed by atoms with Crippen molar-refractivity contribution in [3.63, 3.8) is 0 Å². The highest BCUT2D eigenvalue weighted by molar-refractivity contribution is 7.99. The highest BCUT2D eigenvalue weighted by Gasteiger charge is 1.91. The number of aromatic nitrogens is 2. The first-order valence-corrected chi connectivity index (χ1v) is 7.65. The molecule has 4 heteroatoms. The predicted molar refractivity (Wildman–Crippen MR) is 79.1 cm³/mol. The van der Waals surface area contributed by atoms with Gasteiger partial charge < -0.3 is 0 Å². The largest absolute Gasteiger partial charge is 0.250 e. The first-order chi connectivity index (χ1) is 8.95. The van der Waals surface area contributed by atoms with Crippen LogP contribution in [-0.2, 0) is 0 Å². The molecule has 0 N–H and O–H groups in total. The fraction of sp³-hybridized carbons (Fsp3) is 0.143. The molecule has 0 unspecified atom stereocenters. The summed E-state index contributed by atoms with van der Waals surface area (Å²) in [5.41, 5.74) is 0. The molecule has 2 aromatic heterocycles. The summed E-state index contributed by atoms with van der Waals surface area (Å²) in [5.74, 6) is 1.92. The lowest BCUT2D eigenvalue weighted by Crippen LogP contribution is -1.80. The van der Waals surface area contributed by atoms with Gasteiger partial charge in [0.1, 0.15) is 0 Å². The Morgan fingerprint density at radius 2 is 1.28 bits per heavy atom. The summed E-state index contributed by atoms with van der Waals surface area (Å²) in [7, 11) is 0. The molecule has 0 aliphatic carbocycles. The summed E-state index contributed by atoms with van der Waals surface area (Å²) >= 11 is 3.49. The summed E-state index contributed by atoms with van der Waals surface area (Å²) in [6, 6.07) is 11.9. The fourth-order valence-electron chi connectivity index (χ4n) is 1.27. The highest BCUT2D eigenvalue weighted by Crippen LogP contribution is 2.16. The second kappa shape index (κ2) is 7.95. The van der Waals surface area contributed by atoms with Crippen LogP contribution < -0.4 is 0 Å². The Balaban J connectivity index is 1.64. The van der Waals surface area contributed by atoms with Gasteiger partial charge in [0.05, 0.1) is 10.1 Å². The maximum absolute atomic E-state index is 4.26. The molecule has 0 aliphatic heterocycles. The molecule has 0 atom stereocenters. The van der Waals surface area contributed by atoms with Crippen molar-refractivity contribution in [1.82, 2.24) is 9.97 Å². The van der Waals surface area contributed by atoms with Gasteiger partial charge in [-0.15, -0.1) is 23.5 Å². The van der Waals surface area contributed by atoms with Crippen molar-refractivity contribution >= 4 is 23.5 Å². The first kappa shape index (κ1) is 13.2. The van der Waals surface area contributed by atoms with Crippen LogP contribution in [0.3, 0.4) is 0 Å². The molecule has 0 bridgehead atoms. The van der Waals surface area contributed by atoms with Crippen molar-refractivity contribution in [2.75, 3.05) is 11.5 Å². The summed E-state index contributed by atoms with van der Waals surface area (Å²) in [5, 5.41) is 2.14. The zero-order valence-corrected chi connectivity index (χ0v) is 11.5. The molecule has 0 spiro atoms. The Hall–Kier alpha value is -1.26. The van der Waals surface area contributed by atoms with Crippen LogP contribution in [0.4, 0.5) is 0 Å². The Morgan fingerprint density at radius 1 is 0.778 bits per heavy atom. The third kappa shape index (κ3) is 4.94. The lowest BCUT2D eigenvalue weighted by Gasteiger charge is -1.96. The molecule has 2 aromatic rings. The van der Waals surface area contributed by atoms with Gasteiger partial charge in [0.25, 0.3) is 0 Å². The van der Waals surface area contributed by atoms with Gasteiger partial charge in [0, 0.05) is 23.9 Å². The van der Waals surface area contributed by atoms with Crippen LogP contribution in [0.25, 0.3) is 0 Å². The van der Waals surface area contributed by atoms with E-state index in [1.165, 1.54) is 0 Å². The third-order valence-electron chi connectivity index (χ3n) is 2.10. The van der Waals surface area contributed by atoms with E-state index in [4.69, 9.17) is 0 Å². The summed E-state index contributed by atoms with van der Waals surface area (Å²) < 4.78 is 0. The van der Waals surface area contributed by atoms with E-state index in [0.29, 0.717) is 0 Å². The molecule has 92 valence electrons. The average Bonchev–Trinajstić information content (AvgIpc) is 2.45. The molecule has 18 heavy (non-hydrogen) atoms. The lowest BCUT2D eigenvalue weighted by molar-refractivity contribution is 1.14. The quantitative estimate of drug-likeness (QED) is 0.589. The van der Waals surface area contributed by atoms with Gasteiger partial charge in [-0.05, 0) is 24.3 Å². The molecular formula is C14H14N2S2. The van der Waals surface area contributed by atoms with Gasteiger partial charge in [-0.25, -0.2) is 9.97 Å². The van der Waals surface area contributed by atoms with E-state index in [1.54, 1.807) is 23.5 Å². The van der Waals surface area contributed by atoms with Crippen molar-refractivity contribution in [3.05, 3.63) is 60.9 Å². The maximum Gasteiger partial charge on any atom is 0.0962 e. The van der Waals surface area contributed by atoms with Crippen LogP contribution in [0.15, 0.2) is 71.0 Å². The second-order valence-corrected chi connectivity index (χ2v) is 5.51. The first-order valence-electron chi connectivity index (χ1n) is 5.68. The smallest absolute Gasteiger partial charge is 0.0962 e. The number of hydrogen-bond acceptors (Lipinski definition) is 4. The Bertz CT molecular complexity index is 426. The third-order valence-corrected chi connectivity index (χ3v) is 3.89. The van der Waals surface area contributed by atoms with E-state index >= 15 is 0 Å². The molecule has 2 heterocycles. The van der Waals surface area contributed by atoms with E-state index in [1.807, 2.05) is 48.8 Å². The topological polar surface area (TPSA) is 25.8 Å². The number of nitrogens with zero attached hydrogens (tertiary/aromatic N) is 2. The molecule has 0 aliphatic rings. The second-order valence-electron chi connectivity index (χ2n) is 3.43. The van der Waals surface area contributed by atoms with Crippen LogP contribution in [0.2, 0.25) is 0 Å². The predicted octanol–water partition coefficient (Wildman–Crippen LogP) is 3.92. The van der Waals surface area contributed by atoms with E-state index in [-0.39, 0.29) is 0 Å². The number of thioether (sulfide) groups is 2. The minimum atomic E-state index is 0.958. The van der Waals surface area contributed by atoms with E-state index in [2.05, 4.69) is 22.1 Å². The van der Waals surface area contributed by atoms with Crippen LogP contribution in [0, 0.1) is 0 Å². The zero-order valence-electron chi connectivity index (χ0n) is 9.90. The molecule has 2 rings (SSSR count). The van der Waals surface area contributed by atoms with Crippen LogP contribution in [-0.4, -0.2) is 21.5 Å². The fourth-order valence-corrected chi connectivity index (χ4v) is 2.69. The molecule has 0 aromatic carbocycles. The minimum absolute atomic E-state index is 0.958. The number of rotatable bonds is 6. The zero-order chi connectivity index (χ0) is 12.5. The molecule has 2 nitrogen and oxygen atoms in total. The molecular weight excluding hydrogens is 260 g/mol. The van der Waals surface area contributed by atoms with Gasteiger partial charge in [-0.3, -0.25) is 0 Å². The summed E-state index contributed by atoms with van der Waals surface area (Å²) in [6.45, 7) is 0. The molecule has 0 radical (unpaired) electrons. The van der Waals surface area contributed by atoms with Gasteiger partial charge >= 0.3 is 0 Å². The Kier molecular flexibility index (Phi) is 5.82. The normalized spacial score (nSPS) is 10.9. The summed E-state index contributed by atoms with van der Waals surface area (Å²) in [4.78, 5) is 8.52. The summed E-state index contributed by atoms with van der Waals surface area (Å²) in [6.07, 6.45) is 8.00. The van der Waals surface area contributed by atoms with Crippen LogP contribution >= 0.6 is 23.5 Å².